The van der Waals surface area contributed by atoms with Gasteiger partial charge < -0.3 is 10.2 Å². The Labute approximate surface area is 99.5 Å². The summed E-state index contributed by atoms with van der Waals surface area (Å²) in [5, 5.41) is 0. The first-order chi connectivity index (χ1) is 8.19. The number of nitrogens with two attached hydrogens (primary N) is 1. The molecule has 1 unspecified atom stereocenters. The van der Waals surface area contributed by atoms with Crippen molar-refractivity contribution in [3.05, 3.63) is 53.5 Å². The van der Waals surface area contributed by atoms with Gasteiger partial charge in [-0.1, -0.05) is 19.1 Å². The average molecular weight is 234 g/mol. The molecule has 2 rings (SSSR count). The largest absolute Gasteiger partial charge is 0.445 e. The van der Waals surface area contributed by atoms with Crippen LogP contribution in [-0.2, 0) is 6.42 Å². The zero-order valence-corrected chi connectivity index (χ0v) is 9.69. The van der Waals surface area contributed by atoms with Gasteiger partial charge in [-0.3, -0.25) is 0 Å². The summed E-state index contributed by atoms with van der Waals surface area (Å²) in [6.07, 6.45) is 2.18. The molecular weight excluding hydrogens is 219 g/mol. The van der Waals surface area contributed by atoms with E-state index in [9.17, 15) is 4.39 Å². The maximum Gasteiger partial charge on any atom is 0.198 e. The van der Waals surface area contributed by atoms with E-state index in [1.165, 1.54) is 12.1 Å². The normalized spacial score (nSPS) is 12.6. The van der Waals surface area contributed by atoms with Gasteiger partial charge in [0.2, 0.25) is 0 Å². The summed E-state index contributed by atoms with van der Waals surface area (Å²) in [7, 11) is 0. The number of aromatic nitrogens is 1. The van der Waals surface area contributed by atoms with E-state index in [1.54, 1.807) is 12.3 Å². The number of oxazole rings is 1. The van der Waals surface area contributed by atoms with Crippen LogP contribution in [0, 0.1) is 5.82 Å². The Morgan fingerprint density at radius 2 is 2.29 bits per heavy atom. The third-order valence-corrected chi connectivity index (χ3v) is 2.66. The molecule has 0 aliphatic carbocycles. The van der Waals surface area contributed by atoms with Gasteiger partial charge in [-0.25, -0.2) is 9.37 Å². The molecule has 0 fully saturated rings. The van der Waals surface area contributed by atoms with E-state index in [1.807, 2.05) is 13.0 Å². The summed E-state index contributed by atoms with van der Waals surface area (Å²) in [6.45, 7) is 2.50. The third-order valence-electron chi connectivity index (χ3n) is 2.66. The molecular formula is C13H15FN2O. The lowest BCUT2D eigenvalue weighted by Gasteiger charge is -2.02. The Morgan fingerprint density at radius 3 is 3.00 bits per heavy atom. The van der Waals surface area contributed by atoms with E-state index in [4.69, 9.17) is 10.2 Å². The molecule has 90 valence electrons. The van der Waals surface area contributed by atoms with Crippen LogP contribution >= 0.6 is 0 Å². The standard InChI is InChI=1S/C13H15FN2O/c1-9(7-15)12-8-16-13(17-12)6-10-3-2-4-11(14)5-10/h2-5,8-9H,6-7,15H2,1H3. The summed E-state index contributed by atoms with van der Waals surface area (Å²) in [4.78, 5) is 4.17. The quantitative estimate of drug-likeness (QED) is 0.884. The monoisotopic (exact) mass is 234 g/mol. The number of halogens is 1. The van der Waals surface area contributed by atoms with Crippen LogP contribution in [0.4, 0.5) is 4.39 Å². The molecule has 0 saturated carbocycles. The smallest absolute Gasteiger partial charge is 0.198 e. The summed E-state index contributed by atoms with van der Waals surface area (Å²) >= 11 is 0. The fraction of sp³-hybridized carbons (Fsp3) is 0.308. The molecule has 1 aromatic heterocycles. The maximum atomic E-state index is 13.0. The van der Waals surface area contributed by atoms with Gasteiger partial charge >= 0.3 is 0 Å². The molecule has 17 heavy (non-hydrogen) atoms. The fourth-order valence-electron chi connectivity index (χ4n) is 1.57. The minimum Gasteiger partial charge on any atom is -0.445 e. The lowest BCUT2D eigenvalue weighted by Crippen LogP contribution is -2.07. The molecule has 0 aliphatic heterocycles. The van der Waals surface area contributed by atoms with Crippen LogP contribution in [0.1, 0.15) is 30.1 Å². The second-order valence-corrected chi connectivity index (χ2v) is 4.10. The summed E-state index contributed by atoms with van der Waals surface area (Å²) in [5.41, 5.74) is 6.39. The van der Waals surface area contributed by atoms with Crippen molar-refractivity contribution in [2.45, 2.75) is 19.3 Å². The van der Waals surface area contributed by atoms with Crippen molar-refractivity contribution >= 4 is 0 Å². The third kappa shape index (κ3) is 2.91. The van der Waals surface area contributed by atoms with Gasteiger partial charge in [-0.2, -0.15) is 0 Å². The highest BCUT2D eigenvalue weighted by molar-refractivity contribution is 5.19. The first-order valence-electron chi connectivity index (χ1n) is 5.58. The molecule has 2 aromatic rings. The highest BCUT2D eigenvalue weighted by atomic mass is 19.1. The lowest BCUT2D eigenvalue weighted by atomic mass is 10.1. The summed E-state index contributed by atoms with van der Waals surface area (Å²) < 4.78 is 18.6. The van der Waals surface area contributed by atoms with E-state index >= 15 is 0 Å². The number of hydrogen-bond acceptors (Lipinski definition) is 3. The van der Waals surface area contributed by atoms with E-state index in [-0.39, 0.29) is 11.7 Å². The van der Waals surface area contributed by atoms with E-state index in [2.05, 4.69) is 4.98 Å². The predicted molar refractivity (Wildman–Crippen MR) is 63.2 cm³/mol. The first-order valence-corrected chi connectivity index (χ1v) is 5.58. The van der Waals surface area contributed by atoms with Gasteiger partial charge in [0.25, 0.3) is 0 Å². The van der Waals surface area contributed by atoms with Crippen molar-refractivity contribution < 1.29 is 8.81 Å². The number of rotatable bonds is 4. The summed E-state index contributed by atoms with van der Waals surface area (Å²) in [5.74, 6) is 1.28. The molecule has 1 heterocycles. The van der Waals surface area contributed by atoms with E-state index in [0.29, 0.717) is 18.9 Å². The molecule has 0 spiro atoms. The second kappa shape index (κ2) is 5.10. The van der Waals surface area contributed by atoms with E-state index < -0.39 is 0 Å². The van der Waals surface area contributed by atoms with Crippen LogP contribution in [0.15, 0.2) is 34.9 Å². The van der Waals surface area contributed by atoms with Crippen molar-refractivity contribution in [2.24, 2.45) is 5.73 Å². The van der Waals surface area contributed by atoms with Crippen molar-refractivity contribution in [3.63, 3.8) is 0 Å². The Balaban J connectivity index is 2.11. The Hall–Kier alpha value is -1.68. The predicted octanol–water partition coefficient (Wildman–Crippen LogP) is 2.47. The molecule has 1 aromatic carbocycles. The Bertz CT molecular complexity index is 496. The number of nitrogens with zero attached hydrogens (tertiary/aromatic N) is 1. The Kier molecular flexibility index (Phi) is 3.54. The highest BCUT2D eigenvalue weighted by Gasteiger charge is 2.10. The van der Waals surface area contributed by atoms with Gasteiger partial charge in [0, 0.05) is 18.9 Å². The molecule has 0 radical (unpaired) electrons. The van der Waals surface area contributed by atoms with Gasteiger partial charge in [0.05, 0.1) is 6.20 Å². The second-order valence-electron chi connectivity index (χ2n) is 4.10. The zero-order valence-electron chi connectivity index (χ0n) is 9.69. The lowest BCUT2D eigenvalue weighted by molar-refractivity contribution is 0.440. The molecule has 0 bridgehead atoms. The maximum absolute atomic E-state index is 13.0. The highest BCUT2D eigenvalue weighted by Crippen LogP contribution is 2.17. The Morgan fingerprint density at radius 1 is 1.47 bits per heavy atom. The SMILES string of the molecule is CC(CN)c1cnc(Cc2cccc(F)c2)o1. The van der Waals surface area contributed by atoms with Crippen molar-refractivity contribution in [3.8, 4) is 0 Å². The molecule has 0 aliphatic rings. The molecule has 1 atom stereocenters. The summed E-state index contributed by atoms with van der Waals surface area (Å²) in [6, 6.07) is 6.42. The zero-order chi connectivity index (χ0) is 12.3. The van der Waals surface area contributed by atoms with Crippen LogP contribution in [0.3, 0.4) is 0 Å². The topological polar surface area (TPSA) is 52.0 Å². The van der Waals surface area contributed by atoms with Crippen LogP contribution < -0.4 is 5.73 Å². The first kappa shape index (κ1) is 11.8. The van der Waals surface area contributed by atoms with Crippen LogP contribution in [0.5, 0.6) is 0 Å². The van der Waals surface area contributed by atoms with Gasteiger partial charge in [0.15, 0.2) is 5.89 Å². The number of benzene rings is 1. The van der Waals surface area contributed by atoms with Crippen molar-refractivity contribution in [1.29, 1.82) is 0 Å². The minimum absolute atomic E-state index is 0.156. The average Bonchev–Trinajstić information content (AvgIpc) is 2.76. The van der Waals surface area contributed by atoms with Crippen LogP contribution in [0.25, 0.3) is 0 Å². The van der Waals surface area contributed by atoms with Crippen LogP contribution in [-0.4, -0.2) is 11.5 Å². The minimum atomic E-state index is -0.246. The molecule has 0 saturated heterocycles. The van der Waals surface area contributed by atoms with Gasteiger partial charge in [-0.15, -0.1) is 0 Å². The molecule has 0 amide bonds. The van der Waals surface area contributed by atoms with E-state index in [0.717, 1.165) is 11.3 Å². The molecule has 3 nitrogen and oxygen atoms in total. The van der Waals surface area contributed by atoms with Gasteiger partial charge in [-0.05, 0) is 17.7 Å². The molecule has 2 N–H and O–H groups in total. The molecule has 4 heteroatoms. The van der Waals surface area contributed by atoms with Crippen molar-refractivity contribution in [1.82, 2.24) is 4.98 Å². The number of hydrogen-bond donors (Lipinski definition) is 1. The fourth-order valence-corrected chi connectivity index (χ4v) is 1.57. The van der Waals surface area contributed by atoms with Crippen LogP contribution in [0.2, 0.25) is 0 Å². The van der Waals surface area contributed by atoms with Gasteiger partial charge in [0.1, 0.15) is 11.6 Å². The van der Waals surface area contributed by atoms with Crippen molar-refractivity contribution in [2.75, 3.05) is 6.54 Å².